The van der Waals surface area contributed by atoms with Crippen molar-refractivity contribution in [3.05, 3.63) is 39.9 Å². The van der Waals surface area contributed by atoms with Crippen LogP contribution >= 0.6 is 15.9 Å². The van der Waals surface area contributed by atoms with Crippen molar-refractivity contribution in [2.24, 2.45) is 7.05 Å². The fourth-order valence-electron chi connectivity index (χ4n) is 1.92. The Labute approximate surface area is 119 Å². The van der Waals surface area contributed by atoms with Gasteiger partial charge in [-0.1, -0.05) is 19.1 Å². The number of hydrogen-bond donors (Lipinski definition) is 1. The Bertz CT molecular complexity index is 557. The Hall–Kier alpha value is -1.34. The lowest BCUT2D eigenvalue weighted by molar-refractivity contribution is 0.498. The van der Waals surface area contributed by atoms with E-state index in [2.05, 4.69) is 36.7 Å². The van der Waals surface area contributed by atoms with Crippen molar-refractivity contribution >= 4 is 15.9 Å². The fourth-order valence-corrected chi connectivity index (χ4v) is 2.30. The van der Waals surface area contributed by atoms with Gasteiger partial charge < -0.3 is 5.32 Å². The number of tetrazole rings is 1. The molecular weight excluding hydrogens is 313 g/mol. The molecule has 0 amide bonds. The molecule has 2 rings (SSSR count). The first-order valence-electron chi connectivity index (χ1n) is 6.02. The van der Waals surface area contributed by atoms with Crippen LogP contribution in [0.5, 0.6) is 0 Å². The van der Waals surface area contributed by atoms with Gasteiger partial charge in [0.2, 0.25) is 0 Å². The standard InChI is InChI=1S/C12H15BrFN5/c1-3-15-10(7-11-16-18-19(2)17-11)8-5-4-6-9(13)12(8)14/h4-6,10,15H,3,7H2,1-2H3. The van der Waals surface area contributed by atoms with Gasteiger partial charge in [-0.25, -0.2) is 4.39 Å². The third-order valence-electron chi connectivity index (χ3n) is 2.74. The molecule has 0 saturated carbocycles. The van der Waals surface area contributed by atoms with Gasteiger partial charge in [0, 0.05) is 18.0 Å². The second-order valence-electron chi connectivity index (χ2n) is 4.15. The van der Waals surface area contributed by atoms with E-state index in [0.29, 0.717) is 22.3 Å². The lowest BCUT2D eigenvalue weighted by Crippen LogP contribution is -2.24. The van der Waals surface area contributed by atoms with Gasteiger partial charge >= 0.3 is 0 Å². The summed E-state index contributed by atoms with van der Waals surface area (Å²) in [6, 6.07) is 5.09. The third-order valence-corrected chi connectivity index (χ3v) is 3.36. The van der Waals surface area contributed by atoms with E-state index in [9.17, 15) is 4.39 Å². The normalized spacial score (nSPS) is 12.6. The van der Waals surface area contributed by atoms with Gasteiger partial charge in [0.15, 0.2) is 5.82 Å². The smallest absolute Gasteiger partial charge is 0.176 e. The molecule has 1 unspecified atom stereocenters. The average Bonchev–Trinajstić information content (AvgIpc) is 2.78. The molecular formula is C12H15BrFN5. The molecule has 19 heavy (non-hydrogen) atoms. The summed E-state index contributed by atoms with van der Waals surface area (Å²) in [6.07, 6.45) is 0.495. The highest BCUT2D eigenvalue weighted by atomic mass is 79.9. The maximum absolute atomic E-state index is 14.1. The van der Waals surface area contributed by atoms with E-state index >= 15 is 0 Å². The van der Waals surface area contributed by atoms with Gasteiger partial charge in [-0.05, 0) is 33.8 Å². The predicted molar refractivity (Wildman–Crippen MR) is 73.0 cm³/mol. The summed E-state index contributed by atoms with van der Waals surface area (Å²) in [7, 11) is 1.71. The number of aromatic nitrogens is 4. The Morgan fingerprint density at radius 1 is 1.47 bits per heavy atom. The minimum Gasteiger partial charge on any atom is -0.310 e. The van der Waals surface area contributed by atoms with Crippen molar-refractivity contribution < 1.29 is 4.39 Å². The Morgan fingerprint density at radius 3 is 2.89 bits per heavy atom. The van der Waals surface area contributed by atoms with Gasteiger partial charge in [0.1, 0.15) is 5.82 Å². The van der Waals surface area contributed by atoms with E-state index in [1.165, 1.54) is 4.80 Å². The number of hydrogen-bond acceptors (Lipinski definition) is 4. The lowest BCUT2D eigenvalue weighted by Gasteiger charge is -2.17. The summed E-state index contributed by atoms with van der Waals surface area (Å²) < 4.78 is 14.6. The van der Waals surface area contributed by atoms with Crippen LogP contribution < -0.4 is 5.32 Å². The van der Waals surface area contributed by atoms with E-state index in [1.807, 2.05) is 13.0 Å². The van der Waals surface area contributed by atoms with Gasteiger partial charge in [-0.3, -0.25) is 0 Å². The van der Waals surface area contributed by atoms with Gasteiger partial charge in [-0.2, -0.15) is 4.80 Å². The molecule has 1 aromatic carbocycles. The number of benzene rings is 1. The second-order valence-corrected chi connectivity index (χ2v) is 5.01. The number of aryl methyl sites for hydroxylation is 1. The highest BCUT2D eigenvalue weighted by Gasteiger charge is 2.19. The van der Waals surface area contributed by atoms with Gasteiger partial charge in [0.25, 0.3) is 0 Å². The van der Waals surface area contributed by atoms with E-state index < -0.39 is 0 Å². The molecule has 0 aliphatic heterocycles. The SMILES string of the molecule is CCNC(Cc1nnn(C)n1)c1cccc(Br)c1F. The number of halogens is 2. The second kappa shape index (κ2) is 6.21. The van der Waals surface area contributed by atoms with Crippen molar-refractivity contribution in [1.29, 1.82) is 0 Å². The average molecular weight is 328 g/mol. The summed E-state index contributed by atoms with van der Waals surface area (Å²) in [5.74, 6) is 0.338. The summed E-state index contributed by atoms with van der Waals surface area (Å²) in [4.78, 5) is 1.40. The molecule has 0 saturated heterocycles. The molecule has 0 spiro atoms. The van der Waals surface area contributed by atoms with Crippen LogP contribution in [0.4, 0.5) is 4.39 Å². The topological polar surface area (TPSA) is 55.6 Å². The van der Waals surface area contributed by atoms with E-state index in [4.69, 9.17) is 0 Å². The van der Waals surface area contributed by atoms with Crippen molar-refractivity contribution in [2.45, 2.75) is 19.4 Å². The molecule has 102 valence electrons. The molecule has 7 heteroatoms. The monoisotopic (exact) mass is 327 g/mol. The van der Waals surface area contributed by atoms with Crippen LogP contribution in [0.15, 0.2) is 22.7 Å². The number of nitrogens with one attached hydrogen (secondary N) is 1. The van der Waals surface area contributed by atoms with Crippen LogP contribution in [0, 0.1) is 5.82 Å². The zero-order valence-corrected chi connectivity index (χ0v) is 12.4. The van der Waals surface area contributed by atoms with E-state index in [1.54, 1.807) is 19.2 Å². The minimum atomic E-state index is -0.252. The summed E-state index contributed by atoms with van der Waals surface area (Å²) in [6.45, 7) is 2.71. The van der Waals surface area contributed by atoms with Crippen LogP contribution in [-0.2, 0) is 13.5 Å². The van der Waals surface area contributed by atoms with Crippen LogP contribution in [0.1, 0.15) is 24.4 Å². The molecule has 1 aromatic heterocycles. The zero-order chi connectivity index (χ0) is 13.8. The molecule has 0 aliphatic carbocycles. The van der Waals surface area contributed by atoms with Gasteiger partial charge in [-0.15, -0.1) is 10.2 Å². The number of nitrogens with zero attached hydrogens (tertiary/aromatic N) is 4. The first-order valence-corrected chi connectivity index (χ1v) is 6.81. The van der Waals surface area contributed by atoms with Crippen LogP contribution in [0.25, 0.3) is 0 Å². The molecule has 0 bridgehead atoms. The fraction of sp³-hybridized carbons (Fsp3) is 0.417. The molecule has 0 fully saturated rings. The maximum Gasteiger partial charge on any atom is 0.176 e. The van der Waals surface area contributed by atoms with Crippen molar-refractivity contribution in [1.82, 2.24) is 25.5 Å². The molecule has 1 heterocycles. The highest BCUT2D eigenvalue weighted by molar-refractivity contribution is 9.10. The summed E-state index contributed by atoms with van der Waals surface area (Å²) in [5.41, 5.74) is 0.601. The van der Waals surface area contributed by atoms with E-state index in [0.717, 1.165) is 6.54 Å². The predicted octanol–water partition coefficient (Wildman–Crippen LogP) is 2.00. The van der Waals surface area contributed by atoms with Crippen LogP contribution in [0.3, 0.4) is 0 Å². The summed E-state index contributed by atoms with van der Waals surface area (Å²) >= 11 is 3.20. The molecule has 1 atom stereocenters. The minimum absolute atomic E-state index is 0.174. The largest absolute Gasteiger partial charge is 0.310 e. The number of likely N-dealkylation sites (N-methyl/N-ethyl adjacent to an activating group) is 1. The maximum atomic E-state index is 14.1. The van der Waals surface area contributed by atoms with Crippen molar-refractivity contribution in [3.63, 3.8) is 0 Å². The summed E-state index contributed by atoms with van der Waals surface area (Å²) in [5, 5.41) is 15.1. The molecule has 0 radical (unpaired) electrons. The van der Waals surface area contributed by atoms with Crippen molar-refractivity contribution in [3.8, 4) is 0 Å². The number of rotatable bonds is 5. The van der Waals surface area contributed by atoms with Crippen molar-refractivity contribution in [2.75, 3.05) is 6.54 Å². The molecule has 2 aromatic rings. The molecule has 1 N–H and O–H groups in total. The van der Waals surface area contributed by atoms with Crippen LogP contribution in [-0.4, -0.2) is 26.8 Å². The zero-order valence-electron chi connectivity index (χ0n) is 10.8. The first-order chi connectivity index (χ1) is 9.11. The molecule has 5 nitrogen and oxygen atoms in total. The third kappa shape index (κ3) is 3.36. The Balaban J connectivity index is 2.26. The quantitative estimate of drug-likeness (QED) is 0.912. The highest BCUT2D eigenvalue weighted by Crippen LogP contribution is 2.25. The Kier molecular flexibility index (Phi) is 4.60. The van der Waals surface area contributed by atoms with E-state index in [-0.39, 0.29) is 11.9 Å². The molecule has 0 aliphatic rings. The van der Waals surface area contributed by atoms with Gasteiger partial charge in [0.05, 0.1) is 11.5 Å². The lowest BCUT2D eigenvalue weighted by atomic mass is 10.0. The first kappa shape index (κ1) is 14.1. The van der Waals surface area contributed by atoms with Crippen LogP contribution in [0.2, 0.25) is 0 Å². The Morgan fingerprint density at radius 2 is 2.26 bits per heavy atom.